The first-order chi connectivity index (χ1) is 7.20. The Morgan fingerprint density at radius 2 is 2.13 bits per heavy atom. The number of rotatable bonds is 6. The van der Waals surface area contributed by atoms with E-state index in [1.165, 1.54) is 0 Å². The molecule has 0 saturated heterocycles. The number of ether oxygens (including phenoxy) is 1. The third-order valence-corrected chi connectivity index (χ3v) is 1.66. The number of aromatic nitrogens is 2. The molecule has 1 aromatic heterocycles. The maximum Gasteiger partial charge on any atom is 0.261 e. The molecule has 84 valence electrons. The molecule has 0 atom stereocenters. The molecule has 0 aliphatic carbocycles. The number of anilines is 1. The number of halogens is 2. The lowest BCUT2D eigenvalue weighted by atomic mass is 10.4. The fourth-order valence-corrected chi connectivity index (χ4v) is 0.995. The van der Waals surface area contributed by atoms with Crippen LogP contribution < -0.4 is 5.32 Å². The number of alkyl halides is 2. The van der Waals surface area contributed by atoms with Crippen molar-refractivity contribution in [2.24, 2.45) is 0 Å². The zero-order valence-electron chi connectivity index (χ0n) is 8.41. The Bertz CT molecular complexity index is 296. The Kier molecular flexibility index (Phi) is 4.89. The summed E-state index contributed by atoms with van der Waals surface area (Å²) in [6.07, 6.45) is 0.742. The fourth-order valence-electron chi connectivity index (χ4n) is 0.995. The van der Waals surface area contributed by atoms with Gasteiger partial charge in [0.25, 0.3) is 6.43 Å². The third-order valence-electron chi connectivity index (χ3n) is 1.66. The van der Waals surface area contributed by atoms with Crippen LogP contribution in [0.15, 0.2) is 12.4 Å². The molecule has 1 N–H and O–H groups in total. The van der Waals surface area contributed by atoms with Crippen LogP contribution in [0.2, 0.25) is 0 Å². The van der Waals surface area contributed by atoms with Gasteiger partial charge in [-0.05, 0) is 6.92 Å². The molecule has 4 nitrogen and oxygen atoms in total. The number of aryl methyl sites for hydroxylation is 1. The molecule has 15 heavy (non-hydrogen) atoms. The predicted molar refractivity (Wildman–Crippen MR) is 52.1 cm³/mol. The first kappa shape index (κ1) is 11.8. The summed E-state index contributed by atoms with van der Waals surface area (Å²) in [6, 6.07) is 0. The molecule has 6 heteroatoms. The summed E-state index contributed by atoms with van der Waals surface area (Å²) in [4.78, 5) is 8.05. The molecule has 0 fully saturated rings. The van der Waals surface area contributed by atoms with Gasteiger partial charge in [-0.2, -0.15) is 0 Å². The van der Waals surface area contributed by atoms with Crippen molar-refractivity contribution in [1.82, 2.24) is 9.97 Å². The van der Waals surface area contributed by atoms with Gasteiger partial charge in [0.1, 0.15) is 12.4 Å². The van der Waals surface area contributed by atoms with E-state index in [4.69, 9.17) is 4.74 Å². The van der Waals surface area contributed by atoms with Gasteiger partial charge in [0.2, 0.25) is 0 Å². The Balaban J connectivity index is 2.18. The highest BCUT2D eigenvalue weighted by Gasteiger charge is 2.02. The topological polar surface area (TPSA) is 47.0 Å². The van der Waals surface area contributed by atoms with Crippen LogP contribution in [0.25, 0.3) is 0 Å². The molecule has 1 rings (SSSR count). The minimum atomic E-state index is -2.41. The molecule has 0 aliphatic heterocycles. The second-order valence-electron chi connectivity index (χ2n) is 2.88. The number of hydrogen-bond acceptors (Lipinski definition) is 4. The zero-order chi connectivity index (χ0) is 11.1. The van der Waals surface area contributed by atoms with Gasteiger partial charge in [0, 0.05) is 18.9 Å². The number of nitrogens with zero attached hydrogens (tertiary/aromatic N) is 2. The molecule has 0 unspecified atom stereocenters. The molecule has 0 aromatic carbocycles. The summed E-state index contributed by atoms with van der Waals surface area (Å²) in [5, 5.41) is 2.94. The molecule has 1 aromatic rings. The van der Waals surface area contributed by atoms with Gasteiger partial charge in [-0.25, -0.2) is 13.8 Å². The Labute approximate surface area is 86.7 Å². The van der Waals surface area contributed by atoms with Crippen LogP contribution in [0.4, 0.5) is 14.6 Å². The maximum atomic E-state index is 11.7. The van der Waals surface area contributed by atoms with Gasteiger partial charge in [-0.1, -0.05) is 0 Å². The van der Waals surface area contributed by atoms with Crippen LogP contribution in [-0.4, -0.2) is 36.2 Å². The Hall–Kier alpha value is -1.30. The molecule has 0 saturated carbocycles. The lowest BCUT2D eigenvalue weighted by molar-refractivity contribution is 0.0214. The molecular formula is C9H13F2N3O. The molecule has 0 radical (unpaired) electrons. The van der Waals surface area contributed by atoms with Crippen molar-refractivity contribution in [3.05, 3.63) is 18.1 Å². The van der Waals surface area contributed by atoms with E-state index < -0.39 is 13.0 Å². The first-order valence-electron chi connectivity index (χ1n) is 4.57. The first-order valence-corrected chi connectivity index (χ1v) is 4.57. The van der Waals surface area contributed by atoms with Crippen LogP contribution in [-0.2, 0) is 4.74 Å². The van der Waals surface area contributed by atoms with Crippen molar-refractivity contribution in [3.8, 4) is 0 Å². The van der Waals surface area contributed by atoms with Gasteiger partial charge in [0.15, 0.2) is 0 Å². The van der Waals surface area contributed by atoms with E-state index in [1.807, 2.05) is 6.92 Å². The van der Waals surface area contributed by atoms with Crippen molar-refractivity contribution in [2.75, 3.05) is 25.1 Å². The van der Waals surface area contributed by atoms with E-state index in [2.05, 4.69) is 15.3 Å². The van der Waals surface area contributed by atoms with E-state index >= 15 is 0 Å². The summed E-state index contributed by atoms with van der Waals surface area (Å²) in [7, 11) is 0. The summed E-state index contributed by atoms with van der Waals surface area (Å²) >= 11 is 0. The Morgan fingerprint density at radius 1 is 1.40 bits per heavy atom. The number of nitrogens with one attached hydrogen (secondary N) is 1. The van der Waals surface area contributed by atoms with E-state index in [0.717, 1.165) is 5.69 Å². The second-order valence-corrected chi connectivity index (χ2v) is 2.88. The largest absolute Gasteiger partial charge is 0.374 e. The quantitative estimate of drug-likeness (QED) is 0.733. The molecule has 0 aliphatic rings. The van der Waals surface area contributed by atoms with Crippen molar-refractivity contribution in [3.63, 3.8) is 0 Å². The highest BCUT2D eigenvalue weighted by atomic mass is 19.3. The van der Waals surface area contributed by atoms with Crippen LogP contribution >= 0.6 is 0 Å². The van der Waals surface area contributed by atoms with E-state index in [1.54, 1.807) is 12.4 Å². The van der Waals surface area contributed by atoms with Crippen molar-refractivity contribution in [2.45, 2.75) is 13.3 Å². The molecule has 0 bridgehead atoms. The summed E-state index contributed by atoms with van der Waals surface area (Å²) < 4.78 is 28.1. The molecular weight excluding hydrogens is 204 g/mol. The number of hydrogen-bond donors (Lipinski definition) is 1. The standard InChI is InChI=1S/C9H13F2N3O/c1-7-9(13-3-2-12-7)14-4-5-15-6-8(10)11/h2-3,8H,4-6H2,1H3,(H,13,14). The summed E-state index contributed by atoms with van der Waals surface area (Å²) in [5.74, 6) is 0.651. The van der Waals surface area contributed by atoms with Gasteiger partial charge in [-0.15, -0.1) is 0 Å². The SMILES string of the molecule is Cc1nccnc1NCCOCC(F)F. The van der Waals surface area contributed by atoms with Crippen LogP contribution in [0.3, 0.4) is 0 Å². The summed E-state index contributed by atoms with van der Waals surface area (Å²) in [5.41, 5.74) is 0.770. The van der Waals surface area contributed by atoms with Gasteiger partial charge in [-0.3, -0.25) is 4.98 Å². The van der Waals surface area contributed by atoms with E-state index in [-0.39, 0.29) is 6.61 Å². The average molecular weight is 217 g/mol. The molecule has 1 heterocycles. The van der Waals surface area contributed by atoms with E-state index in [9.17, 15) is 8.78 Å². The van der Waals surface area contributed by atoms with Crippen LogP contribution in [0.1, 0.15) is 5.69 Å². The Morgan fingerprint density at radius 3 is 2.80 bits per heavy atom. The lowest BCUT2D eigenvalue weighted by Crippen LogP contribution is -2.14. The van der Waals surface area contributed by atoms with Gasteiger partial charge < -0.3 is 10.1 Å². The lowest BCUT2D eigenvalue weighted by Gasteiger charge is -2.07. The zero-order valence-corrected chi connectivity index (χ0v) is 8.41. The highest BCUT2D eigenvalue weighted by Crippen LogP contribution is 2.04. The highest BCUT2D eigenvalue weighted by molar-refractivity contribution is 5.37. The smallest absolute Gasteiger partial charge is 0.261 e. The maximum absolute atomic E-state index is 11.7. The third kappa shape index (κ3) is 4.64. The van der Waals surface area contributed by atoms with Crippen LogP contribution in [0, 0.1) is 6.92 Å². The monoisotopic (exact) mass is 217 g/mol. The van der Waals surface area contributed by atoms with Crippen molar-refractivity contribution < 1.29 is 13.5 Å². The minimum Gasteiger partial charge on any atom is -0.374 e. The average Bonchev–Trinajstić information content (AvgIpc) is 2.20. The van der Waals surface area contributed by atoms with Crippen molar-refractivity contribution >= 4 is 5.82 Å². The van der Waals surface area contributed by atoms with Crippen LogP contribution in [0.5, 0.6) is 0 Å². The molecule has 0 amide bonds. The fraction of sp³-hybridized carbons (Fsp3) is 0.556. The van der Waals surface area contributed by atoms with Gasteiger partial charge in [0.05, 0.1) is 12.3 Å². The van der Waals surface area contributed by atoms with Crippen molar-refractivity contribution in [1.29, 1.82) is 0 Å². The summed E-state index contributed by atoms with van der Waals surface area (Å²) in [6.45, 7) is 1.95. The molecule has 0 spiro atoms. The van der Waals surface area contributed by atoms with E-state index in [0.29, 0.717) is 12.4 Å². The predicted octanol–water partition coefficient (Wildman–Crippen LogP) is 1.48. The minimum absolute atomic E-state index is 0.223. The second kappa shape index (κ2) is 6.23. The van der Waals surface area contributed by atoms with Gasteiger partial charge >= 0.3 is 0 Å². The normalized spacial score (nSPS) is 10.7.